The molecule has 7 heteroatoms. The average Bonchev–Trinajstić information content (AvgIpc) is 2.48. The molecule has 0 saturated carbocycles. The van der Waals surface area contributed by atoms with Gasteiger partial charge in [-0.1, -0.05) is 18.7 Å². The number of amides is 2. The Morgan fingerprint density at radius 2 is 2.18 bits per heavy atom. The fraction of sp³-hybridized carbons (Fsp3) is 0.133. The van der Waals surface area contributed by atoms with Gasteiger partial charge in [0.1, 0.15) is 17.9 Å². The third kappa shape index (κ3) is 3.53. The topological polar surface area (TPSA) is 58.6 Å². The molecule has 1 aliphatic heterocycles. The number of hydrogen-bond donors (Lipinski definition) is 1. The van der Waals surface area contributed by atoms with Gasteiger partial charge in [-0.3, -0.25) is 19.8 Å². The molecule has 0 atom stereocenters. The van der Waals surface area contributed by atoms with Gasteiger partial charge in [0.05, 0.1) is 3.57 Å². The van der Waals surface area contributed by atoms with Crippen LogP contribution in [0.1, 0.15) is 5.56 Å². The molecule has 0 spiro atoms. The van der Waals surface area contributed by atoms with Gasteiger partial charge < -0.3 is 4.74 Å². The minimum absolute atomic E-state index is 0.0478. The zero-order valence-corrected chi connectivity index (χ0v) is 14.7. The molecule has 2 rings (SSSR count). The number of likely N-dealkylation sites (N-methyl/N-ethyl adjacent to an activating group) is 1. The SMILES string of the molecule is C=CCOc1ccc(/C=C2\C(=O)NC(=S)N(C)C2=O)cc1I. The minimum atomic E-state index is -0.491. The number of rotatable bonds is 4. The Balaban J connectivity index is 2.30. The molecule has 0 radical (unpaired) electrons. The van der Waals surface area contributed by atoms with Crippen molar-refractivity contribution in [2.45, 2.75) is 0 Å². The van der Waals surface area contributed by atoms with Gasteiger partial charge in [-0.05, 0) is 58.6 Å². The van der Waals surface area contributed by atoms with Crippen LogP contribution in [0.5, 0.6) is 5.75 Å². The van der Waals surface area contributed by atoms with E-state index in [-0.39, 0.29) is 10.7 Å². The van der Waals surface area contributed by atoms with Gasteiger partial charge in [0, 0.05) is 7.05 Å². The summed E-state index contributed by atoms with van der Waals surface area (Å²) in [6.07, 6.45) is 3.20. The summed E-state index contributed by atoms with van der Waals surface area (Å²) in [5.41, 5.74) is 0.779. The van der Waals surface area contributed by atoms with Gasteiger partial charge in [0.25, 0.3) is 11.8 Å². The van der Waals surface area contributed by atoms with Crippen LogP contribution in [0.25, 0.3) is 6.08 Å². The molecule has 1 fully saturated rings. The molecule has 0 aromatic heterocycles. The van der Waals surface area contributed by atoms with Gasteiger partial charge in [0.15, 0.2) is 5.11 Å². The molecule has 0 bridgehead atoms. The first-order valence-corrected chi connectivity index (χ1v) is 7.81. The predicted octanol–water partition coefficient (Wildman–Crippen LogP) is 2.11. The van der Waals surface area contributed by atoms with E-state index in [0.717, 1.165) is 14.9 Å². The van der Waals surface area contributed by atoms with Crippen molar-refractivity contribution < 1.29 is 14.3 Å². The molecular weight excluding hydrogens is 415 g/mol. The van der Waals surface area contributed by atoms with Gasteiger partial charge in [-0.2, -0.15) is 0 Å². The maximum absolute atomic E-state index is 12.1. The number of hydrogen-bond acceptors (Lipinski definition) is 4. The van der Waals surface area contributed by atoms with Crippen LogP contribution in [0.2, 0.25) is 0 Å². The molecule has 1 saturated heterocycles. The lowest BCUT2D eigenvalue weighted by Crippen LogP contribution is -2.52. The Morgan fingerprint density at radius 3 is 2.82 bits per heavy atom. The number of benzene rings is 1. The Bertz CT molecular complexity index is 700. The second-order valence-corrected chi connectivity index (χ2v) is 6.02. The molecule has 0 unspecified atom stereocenters. The zero-order chi connectivity index (χ0) is 16.3. The maximum atomic E-state index is 12.1. The molecule has 114 valence electrons. The van der Waals surface area contributed by atoms with Crippen LogP contribution in [-0.2, 0) is 9.59 Å². The number of nitrogens with one attached hydrogen (secondary N) is 1. The van der Waals surface area contributed by atoms with Crippen molar-refractivity contribution >= 4 is 57.8 Å². The van der Waals surface area contributed by atoms with Crippen LogP contribution in [0, 0.1) is 3.57 Å². The second-order valence-electron chi connectivity index (χ2n) is 4.47. The lowest BCUT2D eigenvalue weighted by atomic mass is 10.1. The van der Waals surface area contributed by atoms with E-state index in [0.29, 0.717) is 6.61 Å². The molecule has 22 heavy (non-hydrogen) atoms. The average molecular weight is 428 g/mol. The largest absolute Gasteiger partial charge is 0.488 e. The predicted molar refractivity (Wildman–Crippen MR) is 96.3 cm³/mol. The van der Waals surface area contributed by atoms with Crippen molar-refractivity contribution in [3.8, 4) is 5.75 Å². The lowest BCUT2D eigenvalue weighted by Gasteiger charge is -2.25. The summed E-state index contributed by atoms with van der Waals surface area (Å²) < 4.78 is 6.36. The summed E-state index contributed by atoms with van der Waals surface area (Å²) in [5, 5.41) is 2.58. The van der Waals surface area contributed by atoms with Crippen molar-refractivity contribution in [1.82, 2.24) is 10.2 Å². The van der Waals surface area contributed by atoms with Crippen LogP contribution in [0.15, 0.2) is 36.4 Å². The van der Waals surface area contributed by atoms with Crippen LogP contribution in [0.4, 0.5) is 0 Å². The van der Waals surface area contributed by atoms with Gasteiger partial charge in [-0.15, -0.1) is 0 Å². The fourth-order valence-electron chi connectivity index (χ4n) is 1.78. The summed E-state index contributed by atoms with van der Waals surface area (Å²) >= 11 is 7.03. The third-order valence-electron chi connectivity index (χ3n) is 2.93. The number of halogens is 1. The zero-order valence-electron chi connectivity index (χ0n) is 11.8. The monoisotopic (exact) mass is 428 g/mol. The van der Waals surface area contributed by atoms with E-state index in [1.165, 1.54) is 18.0 Å². The summed E-state index contributed by atoms with van der Waals surface area (Å²) in [6, 6.07) is 5.40. The van der Waals surface area contributed by atoms with E-state index in [9.17, 15) is 9.59 Å². The van der Waals surface area contributed by atoms with E-state index < -0.39 is 11.8 Å². The van der Waals surface area contributed by atoms with Crippen molar-refractivity contribution in [3.63, 3.8) is 0 Å². The number of carbonyl (C=O) groups excluding carboxylic acids is 2. The standard InChI is InChI=1S/C15H13IN2O3S/c1-3-6-21-12-5-4-9(8-11(12)16)7-10-13(19)17-15(22)18(2)14(10)20/h3-5,7-8H,1,6H2,2H3,(H,17,19,22)/b10-7+. The highest BCUT2D eigenvalue weighted by Crippen LogP contribution is 2.24. The summed E-state index contributed by atoms with van der Waals surface area (Å²) in [6.45, 7) is 4.01. The van der Waals surface area contributed by atoms with Crippen LogP contribution >= 0.6 is 34.8 Å². The molecular formula is C15H13IN2O3S. The van der Waals surface area contributed by atoms with Crippen LogP contribution < -0.4 is 10.1 Å². The smallest absolute Gasteiger partial charge is 0.265 e. The van der Waals surface area contributed by atoms with Crippen molar-refractivity contribution in [2.24, 2.45) is 0 Å². The first-order valence-electron chi connectivity index (χ1n) is 6.32. The minimum Gasteiger partial charge on any atom is -0.488 e. The third-order valence-corrected chi connectivity index (χ3v) is 4.15. The van der Waals surface area contributed by atoms with Crippen LogP contribution in [0.3, 0.4) is 0 Å². The molecule has 1 heterocycles. The quantitative estimate of drug-likeness (QED) is 0.263. The Labute approximate surface area is 147 Å². The van der Waals surface area contributed by atoms with Crippen molar-refractivity contribution in [2.75, 3.05) is 13.7 Å². The molecule has 2 amide bonds. The van der Waals surface area contributed by atoms with Gasteiger partial charge >= 0.3 is 0 Å². The van der Waals surface area contributed by atoms with Gasteiger partial charge in [0.2, 0.25) is 0 Å². The lowest BCUT2D eigenvalue weighted by molar-refractivity contribution is -0.128. The number of ether oxygens (including phenoxy) is 1. The summed E-state index contributed by atoms with van der Waals surface area (Å²) in [7, 11) is 1.52. The second kappa shape index (κ2) is 7.01. The van der Waals surface area contributed by atoms with E-state index >= 15 is 0 Å². The first kappa shape index (κ1) is 16.6. The highest BCUT2D eigenvalue weighted by atomic mass is 127. The molecule has 5 nitrogen and oxygen atoms in total. The molecule has 1 aromatic carbocycles. The molecule has 1 N–H and O–H groups in total. The fourth-order valence-corrected chi connectivity index (χ4v) is 2.66. The number of nitrogens with zero attached hydrogens (tertiary/aromatic N) is 1. The number of thiocarbonyl (C=S) groups is 1. The number of carbonyl (C=O) groups is 2. The maximum Gasteiger partial charge on any atom is 0.265 e. The highest BCUT2D eigenvalue weighted by molar-refractivity contribution is 14.1. The Morgan fingerprint density at radius 1 is 1.45 bits per heavy atom. The van der Waals surface area contributed by atoms with Crippen LogP contribution in [-0.4, -0.2) is 35.5 Å². The Hall–Kier alpha value is -1.74. The molecule has 1 aromatic rings. The van der Waals surface area contributed by atoms with Crippen molar-refractivity contribution in [3.05, 3.63) is 45.6 Å². The highest BCUT2D eigenvalue weighted by Gasteiger charge is 2.30. The van der Waals surface area contributed by atoms with E-state index in [1.54, 1.807) is 18.2 Å². The van der Waals surface area contributed by atoms with E-state index in [1.807, 2.05) is 6.07 Å². The normalized spacial score (nSPS) is 16.7. The van der Waals surface area contributed by atoms with Crippen molar-refractivity contribution in [1.29, 1.82) is 0 Å². The summed E-state index contributed by atoms with van der Waals surface area (Å²) in [4.78, 5) is 25.3. The summed E-state index contributed by atoms with van der Waals surface area (Å²) in [5.74, 6) is -0.189. The molecule has 0 aliphatic carbocycles. The molecule has 1 aliphatic rings. The first-order chi connectivity index (χ1) is 10.4. The van der Waals surface area contributed by atoms with E-state index in [4.69, 9.17) is 17.0 Å². The van der Waals surface area contributed by atoms with Gasteiger partial charge in [-0.25, -0.2) is 0 Å². The van der Waals surface area contributed by atoms with E-state index in [2.05, 4.69) is 34.5 Å². The Kier molecular flexibility index (Phi) is 5.30.